The molecule has 3 aromatic carbocycles. The van der Waals surface area contributed by atoms with Gasteiger partial charge in [0.2, 0.25) is 11.9 Å². The topological polar surface area (TPSA) is 179 Å². The average Bonchev–Trinajstić information content (AvgIpc) is 3.02. The summed E-state index contributed by atoms with van der Waals surface area (Å²) in [6, 6.07) is 20.7. The minimum Gasteiger partial charge on any atom is -0.444 e. The van der Waals surface area contributed by atoms with Crippen molar-refractivity contribution in [3.05, 3.63) is 94.5 Å². The highest BCUT2D eigenvalue weighted by Gasteiger charge is 2.23. The van der Waals surface area contributed by atoms with Crippen LogP contribution in [-0.2, 0) is 30.3 Å². The fraction of sp³-hybridized carbons (Fsp3) is 0.400. The molecule has 0 aliphatic carbocycles. The van der Waals surface area contributed by atoms with Crippen LogP contribution in [0.2, 0.25) is 5.02 Å². The lowest BCUT2D eigenvalue weighted by molar-refractivity contribution is -0.191. The van der Waals surface area contributed by atoms with Crippen molar-refractivity contribution < 1.29 is 43.0 Å². The van der Waals surface area contributed by atoms with Crippen LogP contribution in [0.3, 0.4) is 0 Å². The average molecular weight is 765 g/mol. The van der Waals surface area contributed by atoms with Crippen LogP contribution in [0.4, 0.5) is 15.3 Å². The van der Waals surface area contributed by atoms with Gasteiger partial charge >= 0.3 is 24.3 Å². The molecule has 0 aromatic heterocycles. The standard InChI is InChI=1S/C39H49ClN4O7.CO2/c1-37(2,3)24-31(26-13-11-10-12-14-26)42-32(45)22-18-25-17-21-29(23-30(25)40)49-33(46)27-15-19-28(20-16-27)41-34(43-35(47)50-38(4,5)6)44-36(48)51-39(7,8)9;2-1-3/h10-17,19-21,23,31H,18,22,24H2,1-9H3,(H,42,45)(H2,41,43,44,47,48);/t31-;/m0./s1. The highest BCUT2D eigenvalue weighted by molar-refractivity contribution is 6.31. The highest BCUT2D eigenvalue weighted by Crippen LogP contribution is 2.30. The smallest absolute Gasteiger partial charge is 0.414 e. The summed E-state index contributed by atoms with van der Waals surface area (Å²) in [7, 11) is 0. The third kappa shape index (κ3) is 17.8. The number of esters is 1. The van der Waals surface area contributed by atoms with Crippen molar-refractivity contribution in [3.63, 3.8) is 0 Å². The largest absolute Gasteiger partial charge is 0.444 e. The molecule has 0 aliphatic heterocycles. The van der Waals surface area contributed by atoms with E-state index >= 15 is 0 Å². The van der Waals surface area contributed by atoms with Crippen molar-refractivity contribution in [2.45, 2.75) is 98.8 Å². The fourth-order valence-electron chi connectivity index (χ4n) is 4.71. The van der Waals surface area contributed by atoms with Crippen molar-refractivity contribution >= 4 is 53.5 Å². The Morgan fingerprint density at radius 1 is 0.778 bits per heavy atom. The van der Waals surface area contributed by atoms with Gasteiger partial charge in [-0.15, -0.1) is 0 Å². The lowest BCUT2D eigenvalue weighted by Crippen LogP contribution is -2.47. The molecule has 3 N–H and O–H groups in total. The number of aliphatic imine (C=N–C) groups is 1. The van der Waals surface area contributed by atoms with Gasteiger partial charge in [0, 0.05) is 11.4 Å². The van der Waals surface area contributed by atoms with E-state index in [0.29, 0.717) is 17.1 Å². The number of ether oxygens (including phenoxy) is 3. The molecule has 3 amide bonds. The first-order chi connectivity index (χ1) is 25.1. The van der Waals surface area contributed by atoms with Crippen LogP contribution in [-0.4, -0.2) is 47.4 Å². The molecule has 0 spiro atoms. The maximum absolute atomic E-state index is 13.0. The number of halogens is 1. The number of nitrogens with zero attached hydrogens (tertiary/aromatic N) is 1. The monoisotopic (exact) mass is 764 g/mol. The Morgan fingerprint density at radius 3 is 1.80 bits per heavy atom. The van der Waals surface area contributed by atoms with Crippen molar-refractivity contribution in [1.82, 2.24) is 16.0 Å². The summed E-state index contributed by atoms with van der Waals surface area (Å²) in [4.78, 5) is 71.2. The van der Waals surface area contributed by atoms with Crippen LogP contribution in [0.1, 0.15) is 103 Å². The summed E-state index contributed by atoms with van der Waals surface area (Å²) in [5.74, 6) is -0.721. The van der Waals surface area contributed by atoms with Crippen LogP contribution >= 0.6 is 11.6 Å². The van der Waals surface area contributed by atoms with Crippen molar-refractivity contribution in [2.75, 3.05) is 0 Å². The van der Waals surface area contributed by atoms with Gasteiger partial charge in [0.05, 0.1) is 17.3 Å². The summed E-state index contributed by atoms with van der Waals surface area (Å²) >= 11 is 6.53. The Kier molecular flexibility index (Phi) is 16.6. The molecule has 1 atom stereocenters. The van der Waals surface area contributed by atoms with E-state index in [2.05, 4.69) is 41.7 Å². The van der Waals surface area contributed by atoms with Gasteiger partial charge in [0.15, 0.2) is 0 Å². The highest BCUT2D eigenvalue weighted by atomic mass is 35.5. The molecule has 54 heavy (non-hydrogen) atoms. The van der Waals surface area contributed by atoms with Gasteiger partial charge in [-0.3, -0.25) is 15.4 Å². The first-order valence-electron chi connectivity index (χ1n) is 17.1. The Bertz CT molecular complexity index is 1770. The van der Waals surface area contributed by atoms with Crippen LogP contribution in [0.25, 0.3) is 0 Å². The number of amides is 3. The summed E-state index contributed by atoms with van der Waals surface area (Å²) in [5.41, 5.74) is 0.769. The molecule has 14 heteroatoms. The van der Waals surface area contributed by atoms with E-state index in [4.69, 9.17) is 35.4 Å². The maximum atomic E-state index is 13.0. The van der Waals surface area contributed by atoms with Crippen LogP contribution in [0.15, 0.2) is 77.8 Å². The minimum atomic E-state index is -0.835. The zero-order valence-electron chi connectivity index (χ0n) is 32.1. The molecule has 0 fully saturated rings. The summed E-state index contributed by atoms with van der Waals surface area (Å²) < 4.78 is 16.1. The first-order valence-corrected chi connectivity index (χ1v) is 17.5. The van der Waals surface area contributed by atoms with Crippen molar-refractivity contribution in [3.8, 4) is 5.75 Å². The van der Waals surface area contributed by atoms with E-state index in [0.717, 1.165) is 17.5 Å². The number of alkyl carbamates (subject to hydrolysis) is 2. The van der Waals surface area contributed by atoms with Gasteiger partial charge < -0.3 is 19.5 Å². The van der Waals surface area contributed by atoms with E-state index in [1.54, 1.807) is 53.7 Å². The number of hydrogen-bond acceptors (Lipinski definition) is 10. The quantitative estimate of drug-likeness (QED) is 0.0838. The molecule has 0 saturated carbocycles. The van der Waals surface area contributed by atoms with E-state index < -0.39 is 29.4 Å². The molecule has 290 valence electrons. The number of guanidine groups is 1. The molecule has 0 unspecified atom stereocenters. The van der Waals surface area contributed by atoms with Crippen LogP contribution in [0.5, 0.6) is 5.75 Å². The van der Waals surface area contributed by atoms with E-state index in [9.17, 15) is 19.2 Å². The Hall–Kier alpha value is -5.52. The van der Waals surface area contributed by atoms with Crippen LogP contribution < -0.4 is 20.7 Å². The maximum Gasteiger partial charge on any atom is 0.414 e. The lowest BCUT2D eigenvalue weighted by atomic mass is 9.85. The molecule has 0 saturated heterocycles. The Morgan fingerprint density at radius 2 is 1.31 bits per heavy atom. The molecule has 3 aromatic rings. The molecule has 0 bridgehead atoms. The van der Waals surface area contributed by atoms with Gasteiger partial charge in [-0.1, -0.05) is 68.8 Å². The molecule has 0 radical (unpaired) electrons. The zero-order valence-corrected chi connectivity index (χ0v) is 32.9. The third-order valence-corrected chi connectivity index (χ3v) is 7.14. The normalized spacial score (nSPS) is 11.7. The van der Waals surface area contributed by atoms with Gasteiger partial charge in [-0.25, -0.2) is 19.4 Å². The predicted molar refractivity (Wildman–Crippen MR) is 203 cm³/mol. The summed E-state index contributed by atoms with van der Waals surface area (Å²) in [5, 5.41) is 8.36. The van der Waals surface area contributed by atoms with E-state index in [1.807, 2.05) is 30.3 Å². The van der Waals surface area contributed by atoms with E-state index in [-0.39, 0.29) is 47.2 Å². The first kappa shape index (κ1) is 44.6. The Balaban J connectivity index is 0.00000325. The van der Waals surface area contributed by atoms with Gasteiger partial charge in [-0.2, -0.15) is 9.59 Å². The summed E-state index contributed by atoms with van der Waals surface area (Å²) in [6.07, 6.45) is 0.0167. The van der Waals surface area contributed by atoms with Gasteiger partial charge in [-0.05, 0) is 107 Å². The predicted octanol–water partition coefficient (Wildman–Crippen LogP) is 8.24. The second kappa shape index (κ2) is 20.1. The number of hydrogen-bond donors (Lipinski definition) is 3. The number of benzene rings is 3. The fourth-order valence-corrected chi connectivity index (χ4v) is 4.98. The third-order valence-electron chi connectivity index (χ3n) is 6.79. The second-order valence-corrected chi connectivity index (χ2v) is 15.7. The number of carbonyl (C=O) groups excluding carboxylic acids is 6. The van der Waals surface area contributed by atoms with E-state index in [1.165, 1.54) is 30.3 Å². The number of nitrogens with one attached hydrogen (secondary N) is 3. The number of rotatable bonds is 9. The number of aryl methyl sites for hydroxylation is 1. The molecule has 13 nitrogen and oxygen atoms in total. The Labute approximate surface area is 321 Å². The van der Waals surface area contributed by atoms with Gasteiger partial charge in [0.25, 0.3) is 0 Å². The minimum absolute atomic E-state index is 0.0191. The second-order valence-electron chi connectivity index (χ2n) is 15.3. The van der Waals surface area contributed by atoms with Gasteiger partial charge in [0.1, 0.15) is 17.0 Å². The molecular weight excluding hydrogens is 716 g/mol. The molecule has 0 heterocycles. The summed E-state index contributed by atoms with van der Waals surface area (Å²) in [6.45, 7) is 16.6. The van der Waals surface area contributed by atoms with Crippen molar-refractivity contribution in [2.24, 2.45) is 10.4 Å². The molecule has 0 aliphatic rings. The van der Waals surface area contributed by atoms with Crippen molar-refractivity contribution in [1.29, 1.82) is 0 Å². The SMILES string of the molecule is CC(C)(C)C[C@H](NC(=O)CCc1ccc(OC(=O)c2ccc(N=C(NC(=O)OC(C)(C)C)NC(=O)OC(C)(C)C)cc2)cc1Cl)c1ccccc1.O=C=O. The zero-order chi connectivity index (χ0) is 40.7. The number of carbonyl (C=O) groups is 4. The lowest BCUT2D eigenvalue weighted by Gasteiger charge is -2.27. The van der Waals surface area contributed by atoms with Crippen LogP contribution in [0, 0.1) is 5.41 Å². The molecule has 3 rings (SSSR count). The molecular formula is C40H49ClN4O9.